The summed E-state index contributed by atoms with van der Waals surface area (Å²) in [6.07, 6.45) is 0.860. The van der Waals surface area contributed by atoms with Crippen LogP contribution >= 0.6 is 0 Å². The lowest BCUT2D eigenvalue weighted by atomic mass is 9.96. The summed E-state index contributed by atoms with van der Waals surface area (Å²) in [6, 6.07) is 3.29. The first-order chi connectivity index (χ1) is 7.22. The molecule has 0 saturated heterocycles. The average molecular weight is 209 g/mol. The molecule has 2 rings (SSSR count). The van der Waals surface area contributed by atoms with E-state index in [1.54, 1.807) is 12.1 Å². The normalized spacial score (nSPS) is 15.3. The molecule has 0 aromatic heterocycles. The standard InChI is InChI=1S/C11H15NO3/c1-7(2-3-12)9-4-8(13)5-10-11(9)15-6-14-10/h4-5,7,13H,2-3,6,12H2,1H3. The molecule has 0 radical (unpaired) electrons. The summed E-state index contributed by atoms with van der Waals surface area (Å²) in [7, 11) is 0. The number of aromatic hydroxyl groups is 1. The molecular weight excluding hydrogens is 194 g/mol. The summed E-state index contributed by atoms with van der Waals surface area (Å²) in [5.74, 6) is 1.83. The molecular formula is C11H15NO3. The number of hydrogen-bond acceptors (Lipinski definition) is 4. The number of hydrogen-bond donors (Lipinski definition) is 2. The molecule has 0 bridgehead atoms. The van der Waals surface area contributed by atoms with Gasteiger partial charge in [-0.25, -0.2) is 0 Å². The monoisotopic (exact) mass is 209 g/mol. The smallest absolute Gasteiger partial charge is 0.231 e. The maximum atomic E-state index is 9.53. The summed E-state index contributed by atoms with van der Waals surface area (Å²) in [5, 5.41) is 9.53. The van der Waals surface area contributed by atoms with Crippen LogP contribution in [0.2, 0.25) is 0 Å². The number of rotatable bonds is 3. The zero-order chi connectivity index (χ0) is 10.8. The van der Waals surface area contributed by atoms with E-state index in [9.17, 15) is 5.11 Å². The minimum Gasteiger partial charge on any atom is -0.508 e. The van der Waals surface area contributed by atoms with E-state index in [2.05, 4.69) is 6.92 Å². The Bertz CT molecular complexity index is 365. The lowest BCUT2D eigenvalue weighted by molar-refractivity contribution is 0.173. The Kier molecular flexibility index (Phi) is 2.68. The van der Waals surface area contributed by atoms with Gasteiger partial charge >= 0.3 is 0 Å². The van der Waals surface area contributed by atoms with Crippen LogP contribution in [-0.4, -0.2) is 18.4 Å². The maximum absolute atomic E-state index is 9.53. The molecule has 0 amide bonds. The summed E-state index contributed by atoms with van der Waals surface area (Å²) in [6.45, 7) is 2.90. The molecule has 0 saturated carbocycles. The van der Waals surface area contributed by atoms with Crippen LogP contribution in [0.25, 0.3) is 0 Å². The highest BCUT2D eigenvalue weighted by Crippen LogP contribution is 2.42. The number of nitrogens with two attached hydrogens (primary N) is 1. The van der Waals surface area contributed by atoms with Gasteiger partial charge in [0, 0.05) is 11.6 Å². The Labute approximate surface area is 88.6 Å². The zero-order valence-corrected chi connectivity index (χ0v) is 8.69. The molecule has 4 heteroatoms. The second-order valence-corrected chi connectivity index (χ2v) is 3.75. The first-order valence-corrected chi connectivity index (χ1v) is 5.05. The van der Waals surface area contributed by atoms with Gasteiger partial charge < -0.3 is 20.3 Å². The molecule has 1 heterocycles. The molecule has 82 valence electrons. The van der Waals surface area contributed by atoms with Crippen molar-refractivity contribution in [2.45, 2.75) is 19.3 Å². The predicted octanol–water partition coefficient (Wildman–Crippen LogP) is 1.57. The number of phenols is 1. The molecule has 4 nitrogen and oxygen atoms in total. The molecule has 1 aliphatic rings. The van der Waals surface area contributed by atoms with Gasteiger partial charge in [-0.15, -0.1) is 0 Å². The van der Waals surface area contributed by atoms with Crippen molar-refractivity contribution >= 4 is 0 Å². The van der Waals surface area contributed by atoms with E-state index in [1.165, 1.54) is 0 Å². The molecule has 0 spiro atoms. The highest BCUT2D eigenvalue weighted by Gasteiger charge is 2.22. The molecule has 1 aromatic carbocycles. The summed E-state index contributed by atoms with van der Waals surface area (Å²) in [5.41, 5.74) is 6.48. The Morgan fingerprint density at radius 3 is 3.00 bits per heavy atom. The molecule has 1 unspecified atom stereocenters. The highest BCUT2D eigenvalue weighted by atomic mass is 16.7. The van der Waals surface area contributed by atoms with E-state index in [0.717, 1.165) is 17.7 Å². The van der Waals surface area contributed by atoms with Crippen molar-refractivity contribution in [1.29, 1.82) is 0 Å². The largest absolute Gasteiger partial charge is 0.508 e. The van der Waals surface area contributed by atoms with Crippen LogP contribution in [-0.2, 0) is 0 Å². The highest BCUT2D eigenvalue weighted by molar-refractivity contribution is 5.53. The third-order valence-corrected chi connectivity index (χ3v) is 2.62. The minimum absolute atomic E-state index is 0.207. The fraction of sp³-hybridized carbons (Fsp3) is 0.455. The van der Waals surface area contributed by atoms with Crippen molar-refractivity contribution in [1.82, 2.24) is 0 Å². The van der Waals surface area contributed by atoms with E-state index in [0.29, 0.717) is 12.3 Å². The lowest BCUT2D eigenvalue weighted by Gasteiger charge is -2.13. The van der Waals surface area contributed by atoms with Crippen molar-refractivity contribution in [2.75, 3.05) is 13.3 Å². The third-order valence-electron chi connectivity index (χ3n) is 2.62. The van der Waals surface area contributed by atoms with Gasteiger partial charge in [0.25, 0.3) is 0 Å². The molecule has 1 aromatic rings. The topological polar surface area (TPSA) is 64.7 Å². The van der Waals surface area contributed by atoms with E-state index < -0.39 is 0 Å². The van der Waals surface area contributed by atoms with E-state index in [1.807, 2.05) is 0 Å². The van der Waals surface area contributed by atoms with Gasteiger partial charge in [-0.2, -0.15) is 0 Å². The Hall–Kier alpha value is -1.42. The van der Waals surface area contributed by atoms with Crippen molar-refractivity contribution in [3.63, 3.8) is 0 Å². The Morgan fingerprint density at radius 2 is 2.27 bits per heavy atom. The van der Waals surface area contributed by atoms with Crippen molar-refractivity contribution in [3.05, 3.63) is 17.7 Å². The minimum atomic E-state index is 0.207. The molecule has 0 aliphatic carbocycles. The number of phenolic OH excluding ortho intramolecular Hbond substituents is 1. The van der Waals surface area contributed by atoms with Crippen LogP contribution in [0.1, 0.15) is 24.8 Å². The van der Waals surface area contributed by atoms with Crippen molar-refractivity contribution in [3.8, 4) is 17.2 Å². The van der Waals surface area contributed by atoms with Gasteiger partial charge in [0.1, 0.15) is 5.75 Å². The van der Waals surface area contributed by atoms with E-state index in [4.69, 9.17) is 15.2 Å². The van der Waals surface area contributed by atoms with Gasteiger partial charge in [-0.1, -0.05) is 6.92 Å². The fourth-order valence-electron chi connectivity index (χ4n) is 1.79. The third kappa shape index (κ3) is 1.85. The quantitative estimate of drug-likeness (QED) is 0.793. The number of benzene rings is 1. The Balaban J connectivity index is 2.37. The van der Waals surface area contributed by atoms with Crippen molar-refractivity contribution in [2.24, 2.45) is 5.73 Å². The summed E-state index contributed by atoms with van der Waals surface area (Å²) >= 11 is 0. The molecule has 1 aliphatic heterocycles. The van der Waals surface area contributed by atoms with Gasteiger partial charge in [0.05, 0.1) is 0 Å². The number of fused-ring (bicyclic) bond motifs is 1. The predicted molar refractivity (Wildman–Crippen MR) is 56.3 cm³/mol. The fourth-order valence-corrected chi connectivity index (χ4v) is 1.79. The Morgan fingerprint density at radius 1 is 1.47 bits per heavy atom. The number of ether oxygens (including phenoxy) is 2. The van der Waals surface area contributed by atoms with Gasteiger partial charge in [-0.3, -0.25) is 0 Å². The van der Waals surface area contributed by atoms with Crippen molar-refractivity contribution < 1.29 is 14.6 Å². The molecule has 1 atom stereocenters. The zero-order valence-electron chi connectivity index (χ0n) is 8.69. The van der Waals surface area contributed by atoms with Crippen LogP contribution in [0.4, 0.5) is 0 Å². The average Bonchev–Trinajstić information content (AvgIpc) is 2.64. The summed E-state index contributed by atoms with van der Waals surface area (Å²) in [4.78, 5) is 0. The van der Waals surface area contributed by atoms with Gasteiger partial charge in [-0.05, 0) is 24.9 Å². The second kappa shape index (κ2) is 3.98. The molecule has 3 N–H and O–H groups in total. The van der Waals surface area contributed by atoms with Crippen LogP contribution in [0.15, 0.2) is 12.1 Å². The molecule has 15 heavy (non-hydrogen) atoms. The lowest BCUT2D eigenvalue weighted by Crippen LogP contribution is -2.05. The van der Waals surface area contributed by atoms with E-state index >= 15 is 0 Å². The maximum Gasteiger partial charge on any atom is 0.231 e. The van der Waals surface area contributed by atoms with Crippen LogP contribution in [0, 0.1) is 0 Å². The van der Waals surface area contributed by atoms with Crippen LogP contribution in [0.5, 0.6) is 17.2 Å². The van der Waals surface area contributed by atoms with Crippen LogP contribution in [0.3, 0.4) is 0 Å². The second-order valence-electron chi connectivity index (χ2n) is 3.75. The first-order valence-electron chi connectivity index (χ1n) is 5.05. The van der Waals surface area contributed by atoms with E-state index in [-0.39, 0.29) is 18.5 Å². The first kappa shape index (κ1) is 10.1. The van der Waals surface area contributed by atoms with Gasteiger partial charge in [0.2, 0.25) is 6.79 Å². The summed E-state index contributed by atoms with van der Waals surface area (Å²) < 4.78 is 10.6. The SMILES string of the molecule is CC(CCN)c1cc(O)cc2c1OCO2. The van der Waals surface area contributed by atoms with Crippen LogP contribution < -0.4 is 15.2 Å². The van der Waals surface area contributed by atoms with Gasteiger partial charge in [0.15, 0.2) is 11.5 Å². The molecule has 0 fully saturated rings.